The van der Waals surface area contributed by atoms with E-state index in [0.29, 0.717) is 6.42 Å². The van der Waals surface area contributed by atoms with Gasteiger partial charge in [0.25, 0.3) is 0 Å². The van der Waals surface area contributed by atoms with E-state index in [4.69, 9.17) is 9.84 Å². The summed E-state index contributed by atoms with van der Waals surface area (Å²) in [5.41, 5.74) is -1.48. The summed E-state index contributed by atoms with van der Waals surface area (Å²) in [6.45, 7) is 4.29. The van der Waals surface area contributed by atoms with Crippen LogP contribution in [0.4, 0.5) is 0 Å². The third kappa shape index (κ3) is 11.9. The molecule has 1 atom stereocenters. The van der Waals surface area contributed by atoms with Crippen LogP contribution in [0, 0.1) is 0 Å². The van der Waals surface area contributed by atoms with Gasteiger partial charge in [-0.1, -0.05) is 84.0 Å². The molecule has 0 aromatic rings. The van der Waals surface area contributed by atoms with Crippen LogP contribution < -0.4 is 0 Å². The number of carbonyl (C=O) groups excluding carboxylic acids is 2. The topological polar surface area (TPSA) is 83.8 Å². The van der Waals surface area contributed by atoms with Gasteiger partial charge in [0, 0.05) is 0 Å². The van der Waals surface area contributed by atoms with Crippen LogP contribution in [0.2, 0.25) is 0 Å². The number of ketones is 2. The Morgan fingerprint density at radius 2 is 1.18 bits per heavy atom. The van der Waals surface area contributed by atoms with E-state index in [0.717, 1.165) is 19.3 Å². The third-order valence-electron chi connectivity index (χ3n) is 5.50. The molecule has 0 spiro atoms. The van der Waals surface area contributed by atoms with E-state index in [-0.39, 0.29) is 18.2 Å². The number of hydrogen-bond donors (Lipinski definition) is 2. The van der Waals surface area contributed by atoms with Gasteiger partial charge in [-0.05, 0) is 26.7 Å². The number of ether oxygens (including phenoxy) is 1. The second-order valence-electron chi connectivity index (χ2n) is 8.08. The number of Topliss-reactive ketones (excluding diaryl/α,β-unsaturated/α-hetero) is 2. The van der Waals surface area contributed by atoms with E-state index in [9.17, 15) is 14.7 Å². The lowest BCUT2D eigenvalue weighted by Crippen LogP contribution is -2.48. The molecule has 28 heavy (non-hydrogen) atoms. The normalized spacial score (nSPS) is 12.9. The summed E-state index contributed by atoms with van der Waals surface area (Å²) < 4.78 is 5.50. The standard InChI is InChI=1S/C23H44O5/c1-4-5-6-7-8-9-10-11-12-13-14-15-16-17-23(20(2)25,21(3)26)28-19-22(27)18-24/h22,24,27H,4-19H2,1-3H3. The summed E-state index contributed by atoms with van der Waals surface area (Å²) in [6, 6.07) is 0. The van der Waals surface area contributed by atoms with Gasteiger partial charge >= 0.3 is 0 Å². The Bertz CT molecular complexity index is 394. The molecule has 0 rings (SSSR count). The molecule has 0 heterocycles. The second kappa shape index (κ2) is 17.1. The average Bonchev–Trinajstić information content (AvgIpc) is 2.67. The predicted octanol–water partition coefficient (Wildman–Crippen LogP) is 4.75. The average molecular weight is 401 g/mol. The summed E-state index contributed by atoms with van der Waals surface area (Å²) in [7, 11) is 0. The smallest absolute Gasteiger partial charge is 0.183 e. The largest absolute Gasteiger partial charge is 0.394 e. The number of unbranched alkanes of at least 4 members (excludes halogenated alkanes) is 12. The molecule has 0 saturated carbocycles. The minimum atomic E-state index is -1.48. The molecule has 0 aromatic heterocycles. The van der Waals surface area contributed by atoms with Gasteiger partial charge in [0.2, 0.25) is 0 Å². The van der Waals surface area contributed by atoms with Crippen molar-refractivity contribution in [2.45, 2.75) is 122 Å². The van der Waals surface area contributed by atoms with Crippen molar-refractivity contribution in [1.82, 2.24) is 0 Å². The van der Waals surface area contributed by atoms with Crippen LogP contribution in [-0.4, -0.2) is 46.7 Å². The first-order valence-corrected chi connectivity index (χ1v) is 11.4. The van der Waals surface area contributed by atoms with Gasteiger partial charge < -0.3 is 14.9 Å². The number of aliphatic hydroxyl groups excluding tert-OH is 2. The fourth-order valence-electron chi connectivity index (χ4n) is 3.56. The van der Waals surface area contributed by atoms with Gasteiger partial charge in [-0.3, -0.25) is 9.59 Å². The van der Waals surface area contributed by atoms with Crippen molar-refractivity contribution in [3.8, 4) is 0 Å². The maximum atomic E-state index is 12.1. The predicted molar refractivity (Wildman–Crippen MR) is 113 cm³/mol. The van der Waals surface area contributed by atoms with Gasteiger partial charge in [-0.15, -0.1) is 0 Å². The highest BCUT2D eigenvalue weighted by Crippen LogP contribution is 2.24. The molecule has 5 nitrogen and oxygen atoms in total. The monoisotopic (exact) mass is 400 g/mol. The summed E-state index contributed by atoms with van der Waals surface area (Å²) in [5.74, 6) is -0.659. The van der Waals surface area contributed by atoms with E-state index in [2.05, 4.69) is 6.92 Å². The molecule has 0 aromatic carbocycles. The van der Waals surface area contributed by atoms with Crippen LogP contribution >= 0.6 is 0 Å². The first-order valence-electron chi connectivity index (χ1n) is 11.4. The second-order valence-corrected chi connectivity index (χ2v) is 8.08. The minimum absolute atomic E-state index is 0.214. The summed E-state index contributed by atoms with van der Waals surface area (Å²) >= 11 is 0. The number of rotatable bonds is 20. The molecule has 0 fully saturated rings. The Hall–Kier alpha value is -0.780. The Kier molecular flexibility index (Phi) is 16.6. The quantitative estimate of drug-likeness (QED) is 0.227. The van der Waals surface area contributed by atoms with Crippen LogP contribution in [-0.2, 0) is 14.3 Å². The first-order chi connectivity index (χ1) is 13.4. The van der Waals surface area contributed by atoms with Gasteiger partial charge in [0.15, 0.2) is 17.2 Å². The summed E-state index contributed by atoms with van der Waals surface area (Å²) in [6.07, 6.45) is 15.2. The van der Waals surface area contributed by atoms with Crippen LogP contribution in [0.1, 0.15) is 111 Å². The number of hydrogen-bond acceptors (Lipinski definition) is 5. The maximum Gasteiger partial charge on any atom is 0.183 e. The molecule has 0 aliphatic carbocycles. The fourth-order valence-corrected chi connectivity index (χ4v) is 3.56. The van der Waals surface area contributed by atoms with Crippen molar-refractivity contribution in [2.75, 3.05) is 13.2 Å². The molecule has 0 saturated heterocycles. The molecule has 2 N–H and O–H groups in total. The van der Waals surface area contributed by atoms with Crippen LogP contribution in [0.15, 0.2) is 0 Å². The van der Waals surface area contributed by atoms with Crippen molar-refractivity contribution in [3.63, 3.8) is 0 Å². The summed E-state index contributed by atoms with van der Waals surface area (Å²) in [5, 5.41) is 18.4. The number of carbonyl (C=O) groups is 2. The highest BCUT2D eigenvalue weighted by Gasteiger charge is 2.41. The van der Waals surface area contributed by atoms with Crippen LogP contribution in [0.3, 0.4) is 0 Å². The zero-order valence-electron chi connectivity index (χ0n) is 18.5. The molecule has 0 radical (unpaired) electrons. The minimum Gasteiger partial charge on any atom is -0.394 e. The van der Waals surface area contributed by atoms with Crippen LogP contribution in [0.25, 0.3) is 0 Å². The molecule has 0 bridgehead atoms. The van der Waals surface area contributed by atoms with Crippen molar-refractivity contribution in [2.24, 2.45) is 0 Å². The zero-order chi connectivity index (χ0) is 21.3. The Labute approximate surface area is 172 Å². The van der Waals surface area contributed by atoms with E-state index in [1.165, 1.54) is 78.1 Å². The van der Waals surface area contributed by atoms with Crippen molar-refractivity contribution in [3.05, 3.63) is 0 Å². The maximum absolute atomic E-state index is 12.1. The molecule has 0 aliphatic heterocycles. The van der Waals surface area contributed by atoms with Crippen molar-refractivity contribution >= 4 is 11.6 Å². The Balaban J connectivity index is 3.93. The summed E-state index contributed by atoms with van der Waals surface area (Å²) in [4.78, 5) is 24.1. The lowest BCUT2D eigenvalue weighted by atomic mass is 9.88. The van der Waals surface area contributed by atoms with Gasteiger partial charge in [0.1, 0.15) is 6.10 Å². The van der Waals surface area contributed by atoms with Gasteiger partial charge in [0.05, 0.1) is 13.2 Å². The first kappa shape index (κ1) is 27.2. The van der Waals surface area contributed by atoms with E-state index >= 15 is 0 Å². The van der Waals surface area contributed by atoms with E-state index < -0.39 is 18.3 Å². The molecule has 0 aliphatic rings. The molecular formula is C23H44O5. The number of aliphatic hydroxyl groups is 2. The molecule has 1 unspecified atom stereocenters. The lowest BCUT2D eigenvalue weighted by Gasteiger charge is -2.29. The van der Waals surface area contributed by atoms with Crippen molar-refractivity contribution < 1.29 is 24.5 Å². The zero-order valence-corrected chi connectivity index (χ0v) is 18.5. The van der Waals surface area contributed by atoms with Crippen LogP contribution in [0.5, 0.6) is 0 Å². The molecule has 5 heteroatoms. The fraction of sp³-hybridized carbons (Fsp3) is 0.913. The van der Waals surface area contributed by atoms with E-state index in [1.54, 1.807) is 0 Å². The van der Waals surface area contributed by atoms with Gasteiger partial charge in [-0.2, -0.15) is 0 Å². The van der Waals surface area contributed by atoms with Gasteiger partial charge in [-0.25, -0.2) is 0 Å². The Morgan fingerprint density at radius 1 is 0.786 bits per heavy atom. The highest BCUT2D eigenvalue weighted by atomic mass is 16.5. The lowest BCUT2D eigenvalue weighted by molar-refractivity contribution is -0.161. The highest BCUT2D eigenvalue weighted by molar-refractivity contribution is 6.08. The van der Waals surface area contributed by atoms with Crippen molar-refractivity contribution in [1.29, 1.82) is 0 Å². The SMILES string of the molecule is CCCCCCCCCCCCCCCC(OCC(O)CO)(C(C)=O)C(C)=O. The molecule has 0 amide bonds. The molecular weight excluding hydrogens is 356 g/mol. The Morgan fingerprint density at radius 3 is 1.54 bits per heavy atom. The third-order valence-corrected chi connectivity index (χ3v) is 5.50. The molecule has 166 valence electrons. The van der Waals surface area contributed by atoms with E-state index in [1.807, 2.05) is 0 Å².